The Kier molecular flexibility index (Phi) is 6.84. The number of rotatable bonds is 8. The molecule has 0 bridgehead atoms. The molecule has 8 nitrogen and oxygen atoms in total. The molecule has 0 aromatic heterocycles. The molecule has 0 aliphatic carbocycles. The van der Waals surface area contributed by atoms with E-state index in [0.717, 1.165) is 10.7 Å². The minimum atomic E-state index is -0.769. The van der Waals surface area contributed by atoms with E-state index in [1.165, 1.54) is 40.9 Å². The average molecular weight is 532 g/mol. The van der Waals surface area contributed by atoms with E-state index in [-0.39, 0.29) is 29.9 Å². The fourth-order valence-corrected chi connectivity index (χ4v) is 5.07. The minimum absolute atomic E-state index is 0.0386. The van der Waals surface area contributed by atoms with Crippen LogP contribution in [0.3, 0.4) is 0 Å². The maximum atomic E-state index is 12.8. The molecule has 1 aromatic rings. The predicted molar refractivity (Wildman–Crippen MR) is 116 cm³/mol. The molecule has 2 aliphatic rings. The van der Waals surface area contributed by atoms with Crippen molar-refractivity contribution in [3.63, 3.8) is 0 Å². The van der Waals surface area contributed by atoms with Crippen LogP contribution in [0.25, 0.3) is 0 Å². The number of aliphatic hydroxyl groups excluding tert-OH is 1. The third-order valence-corrected chi connectivity index (χ3v) is 7.30. The van der Waals surface area contributed by atoms with Gasteiger partial charge in [-0.1, -0.05) is 29.5 Å². The standard InChI is InChI=1S/C19H21IN2O6S/c1-10(20)9-29-15-7-14-16(11(2)23)18(24)21(14)17(15)19(25)28-8-12-3-5-13(6-4-12)22(26)27/h3-6,10-11,14,16,23H,7-9H2,1-2H3/t10?,11-,14?,16+/m1/s1. The number of carbonyl (C=O) groups is 2. The number of benzene rings is 1. The lowest BCUT2D eigenvalue weighted by molar-refractivity contribution is -0.384. The number of non-ortho nitro benzene ring substituents is 1. The smallest absolute Gasteiger partial charge is 0.356 e. The van der Waals surface area contributed by atoms with Gasteiger partial charge >= 0.3 is 5.97 Å². The number of fused-ring (bicyclic) bond motifs is 1. The van der Waals surface area contributed by atoms with Gasteiger partial charge in [0.05, 0.1) is 23.0 Å². The second kappa shape index (κ2) is 9.00. The number of carbonyl (C=O) groups excluding carboxylic acids is 2. The highest BCUT2D eigenvalue weighted by Gasteiger charge is 2.57. The van der Waals surface area contributed by atoms with Crippen LogP contribution in [-0.2, 0) is 20.9 Å². The lowest BCUT2D eigenvalue weighted by Gasteiger charge is -2.44. The fraction of sp³-hybridized carbons (Fsp3) is 0.474. The molecule has 1 fully saturated rings. The maximum absolute atomic E-state index is 12.8. The Hall–Kier alpha value is -1.66. The zero-order chi connectivity index (χ0) is 21.3. The number of aliphatic hydroxyl groups is 1. The number of alkyl halides is 1. The Bertz CT molecular complexity index is 855. The molecule has 1 saturated heterocycles. The van der Waals surface area contributed by atoms with Gasteiger partial charge in [-0.2, -0.15) is 0 Å². The number of nitro groups is 1. The summed E-state index contributed by atoms with van der Waals surface area (Å²) in [4.78, 5) is 37.8. The number of thioether (sulfide) groups is 1. The SMILES string of the molecule is CC(I)CSC1=C(C(=O)OCc2ccc([N+](=O)[O-])cc2)N2C(=O)[C@@H]([C@@H](C)O)C2C1. The lowest BCUT2D eigenvalue weighted by Crippen LogP contribution is -2.61. The van der Waals surface area contributed by atoms with E-state index < -0.39 is 22.9 Å². The van der Waals surface area contributed by atoms with E-state index in [4.69, 9.17) is 4.74 Å². The highest BCUT2D eigenvalue weighted by atomic mass is 127. The first kappa shape index (κ1) is 22.0. The van der Waals surface area contributed by atoms with Crippen molar-refractivity contribution in [2.45, 2.75) is 42.9 Å². The Morgan fingerprint density at radius 2 is 2.07 bits per heavy atom. The van der Waals surface area contributed by atoms with E-state index in [9.17, 15) is 24.8 Å². The lowest BCUT2D eigenvalue weighted by atomic mass is 9.83. The van der Waals surface area contributed by atoms with Gasteiger partial charge in [0.2, 0.25) is 5.91 Å². The summed E-state index contributed by atoms with van der Waals surface area (Å²) in [5.74, 6) is -0.553. The zero-order valence-electron chi connectivity index (χ0n) is 15.9. The van der Waals surface area contributed by atoms with Crippen LogP contribution in [0.4, 0.5) is 5.69 Å². The summed E-state index contributed by atoms with van der Waals surface area (Å²) in [5, 5.41) is 20.6. The molecule has 2 unspecified atom stereocenters. The molecular weight excluding hydrogens is 511 g/mol. The monoisotopic (exact) mass is 532 g/mol. The maximum Gasteiger partial charge on any atom is 0.356 e. The quantitative estimate of drug-likeness (QED) is 0.137. The normalized spacial score (nSPS) is 22.8. The van der Waals surface area contributed by atoms with Gasteiger partial charge in [0.1, 0.15) is 12.3 Å². The van der Waals surface area contributed by atoms with Crippen molar-refractivity contribution in [3.05, 3.63) is 50.5 Å². The Labute approximate surface area is 186 Å². The summed E-state index contributed by atoms with van der Waals surface area (Å²) in [6, 6.07) is 5.55. The van der Waals surface area contributed by atoms with Crippen LogP contribution in [0.1, 0.15) is 25.8 Å². The van der Waals surface area contributed by atoms with Crippen molar-refractivity contribution in [2.75, 3.05) is 5.75 Å². The molecule has 10 heteroatoms. The Morgan fingerprint density at radius 1 is 1.41 bits per heavy atom. The summed E-state index contributed by atoms with van der Waals surface area (Å²) in [6.07, 6.45) is -0.230. The van der Waals surface area contributed by atoms with E-state index >= 15 is 0 Å². The summed E-state index contributed by atoms with van der Waals surface area (Å²) in [5.41, 5.74) is 0.843. The number of hydrogen-bond acceptors (Lipinski definition) is 7. The van der Waals surface area contributed by atoms with Crippen LogP contribution in [0, 0.1) is 16.0 Å². The molecule has 2 aliphatic heterocycles. The third kappa shape index (κ3) is 4.58. The van der Waals surface area contributed by atoms with Crippen molar-refractivity contribution < 1.29 is 24.4 Å². The second-order valence-electron chi connectivity index (χ2n) is 7.11. The minimum Gasteiger partial charge on any atom is -0.456 e. The number of amides is 1. The summed E-state index contributed by atoms with van der Waals surface area (Å²) < 4.78 is 5.80. The number of esters is 1. The number of nitrogens with zero attached hydrogens (tertiary/aromatic N) is 2. The topological polar surface area (TPSA) is 110 Å². The van der Waals surface area contributed by atoms with Crippen LogP contribution in [0.15, 0.2) is 34.9 Å². The van der Waals surface area contributed by atoms with Gasteiger partial charge in [-0.15, -0.1) is 11.8 Å². The molecular formula is C19H21IN2O6S. The van der Waals surface area contributed by atoms with Gasteiger partial charge in [0, 0.05) is 33.1 Å². The summed E-state index contributed by atoms with van der Waals surface area (Å²) in [6.45, 7) is 3.60. The van der Waals surface area contributed by atoms with Crippen LogP contribution in [0.2, 0.25) is 0 Å². The first-order valence-electron chi connectivity index (χ1n) is 9.12. The van der Waals surface area contributed by atoms with Gasteiger partial charge in [-0.3, -0.25) is 14.9 Å². The highest BCUT2D eigenvalue weighted by Crippen LogP contribution is 2.47. The number of ether oxygens (including phenoxy) is 1. The van der Waals surface area contributed by atoms with E-state index in [0.29, 0.717) is 15.9 Å². The van der Waals surface area contributed by atoms with E-state index in [2.05, 4.69) is 29.5 Å². The summed E-state index contributed by atoms with van der Waals surface area (Å²) in [7, 11) is 0. The van der Waals surface area contributed by atoms with Crippen molar-refractivity contribution in [2.24, 2.45) is 5.92 Å². The molecule has 0 radical (unpaired) electrons. The van der Waals surface area contributed by atoms with Gasteiger partial charge in [-0.05, 0) is 24.6 Å². The number of halogens is 1. The van der Waals surface area contributed by atoms with Crippen LogP contribution in [0.5, 0.6) is 0 Å². The van der Waals surface area contributed by atoms with Crippen LogP contribution >= 0.6 is 34.4 Å². The average Bonchev–Trinajstić information content (AvgIpc) is 2.98. The fourth-order valence-electron chi connectivity index (χ4n) is 3.50. The first-order valence-corrected chi connectivity index (χ1v) is 11.4. The van der Waals surface area contributed by atoms with E-state index in [1.54, 1.807) is 6.92 Å². The predicted octanol–water partition coefficient (Wildman–Crippen LogP) is 3.02. The number of hydrogen-bond donors (Lipinski definition) is 1. The molecule has 1 amide bonds. The van der Waals surface area contributed by atoms with Crippen LogP contribution < -0.4 is 0 Å². The molecule has 156 valence electrons. The molecule has 1 aromatic carbocycles. The molecule has 3 rings (SSSR count). The second-order valence-corrected chi connectivity index (χ2v) is 10.4. The molecule has 0 saturated carbocycles. The molecule has 2 heterocycles. The first-order chi connectivity index (χ1) is 13.7. The van der Waals surface area contributed by atoms with Crippen LogP contribution in [-0.4, -0.2) is 48.6 Å². The van der Waals surface area contributed by atoms with Crippen molar-refractivity contribution in [1.29, 1.82) is 0 Å². The van der Waals surface area contributed by atoms with Gasteiger partial charge in [-0.25, -0.2) is 4.79 Å². The zero-order valence-corrected chi connectivity index (χ0v) is 18.9. The summed E-state index contributed by atoms with van der Waals surface area (Å²) >= 11 is 3.84. The van der Waals surface area contributed by atoms with Crippen molar-refractivity contribution in [1.82, 2.24) is 4.90 Å². The molecule has 4 atom stereocenters. The largest absolute Gasteiger partial charge is 0.456 e. The Morgan fingerprint density at radius 3 is 2.62 bits per heavy atom. The molecule has 1 N–H and O–H groups in total. The van der Waals surface area contributed by atoms with Gasteiger partial charge in [0.25, 0.3) is 5.69 Å². The van der Waals surface area contributed by atoms with E-state index in [1.807, 2.05) is 0 Å². The van der Waals surface area contributed by atoms with Crippen molar-refractivity contribution in [3.8, 4) is 0 Å². The third-order valence-electron chi connectivity index (χ3n) is 4.89. The van der Waals surface area contributed by atoms with Gasteiger partial charge in [0.15, 0.2) is 0 Å². The highest BCUT2D eigenvalue weighted by molar-refractivity contribution is 14.1. The number of β-lactam (4-membered cyclic amide) rings is 1. The van der Waals surface area contributed by atoms with Gasteiger partial charge < -0.3 is 14.7 Å². The Balaban J connectivity index is 1.73. The molecule has 0 spiro atoms. The number of nitro benzene ring substituents is 1. The van der Waals surface area contributed by atoms with Crippen molar-refractivity contribution >= 4 is 51.9 Å². The molecule has 29 heavy (non-hydrogen) atoms.